The molecule has 0 bridgehead atoms. The molecule has 0 unspecified atom stereocenters. The summed E-state index contributed by atoms with van der Waals surface area (Å²) in [5.74, 6) is 0.576. The maximum Gasteiger partial charge on any atom is 0.257 e. The van der Waals surface area contributed by atoms with E-state index in [0.717, 1.165) is 41.8 Å². The van der Waals surface area contributed by atoms with Gasteiger partial charge in [0.25, 0.3) is 5.91 Å². The molecule has 144 valence electrons. The fraction of sp³-hybridized carbons (Fsp3) is 0.304. The van der Waals surface area contributed by atoms with Gasteiger partial charge in [0.2, 0.25) is 0 Å². The number of rotatable bonds is 5. The first-order valence-corrected chi connectivity index (χ1v) is 9.71. The van der Waals surface area contributed by atoms with E-state index in [1.807, 2.05) is 49.4 Å². The number of anilines is 1. The molecular weight excluding hydrogens is 350 g/mol. The Morgan fingerprint density at radius 1 is 1.14 bits per heavy atom. The molecule has 0 spiro atoms. The summed E-state index contributed by atoms with van der Waals surface area (Å²) in [5, 5.41) is 3.99. The summed E-state index contributed by atoms with van der Waals surface area (Å²) >= 11 is 0. The third-order valence-corrected chi connectivity index (χ3v) is 5.32. The average Bonchev–Trinajstić information content (AvgIpc) is 3.21. The molecule has 28 heavy (non-hydrogen) atoms. The first-order chi connectivity index (χ1) is 13.7. The lowest BCUT2D eigenvalue weighted by atomic mass is 10.1. The van der Waals surface area contributed by atoms with Gasteiger partial charge in [-0.25, -0.2) is 4.98 Å². The topological polar surface area (TPSA) is 54.5 Å². The van der Waals surface area contributed by atoms with Crippen molar-refractivity contribution in [3.05, 3.63) is 65.4 Å². The number of carbonyl (C=O) groups excluding carboxylic acids is 1. The van der Waals surface area contributed by atoms with Crippen LogP contribution in [-0.4, -0.2) is 36.0 Å². The van der Waals surface area contributed by atoms with Crippen LogP contribution in [0.25, 0.3) is 10.9 Å². The molecule has 0 aliphatic carbocycles. The highest BCUT2D eigenvalue weighted by atomic mass is 16.5. The van der Waals surface area contributed by atoms with E-state index in [1.165, 1.54) is 12.8 Å². The number of nitrogens with one attached hydrogen (secondary N) is 1. The van der Waals surface area contributed by atoms with Crippen LogP contribution in [0.15, 0.2) is 48.5 Å². The zero-order chi connectivity index (χ0) is 19.5. The van der Waals surface area contributed by atoms with Gasteiger partial charge in [-0.3, -0.25) is 9.69 Å². The largest absolute Gasteiger partial charge is 0.494 e. The second-order valence-electron chi connectivity index (χ2n) is 7.25. The van der Waals surface area contributed by atoms with Gasteiger partial charge in [-0.15, -0.1) is 0 Å². The summed E-state index contributed by atoms with van der Waals surface area (Å²) in [6.45, 7) is 4.97. The van der Waals surface area contributed by atoms with Gasteiger partial charge in [-0.05, 0) is 56.6 Å². The Balaban J connectivity index is 1.61. The summed E-state index contributed by atoms with van der Waals surface area (Å²) in [4.78, 5) is 20.1. The third-order valence-electron chi connectivity index (χ3n) is 5.32. The number of amides is 1. The number of methoxy groups -OCH3 is 1. The molecule has 1 aromatic heterocycles. The number of aryl methyl sites for hydroxylation is 1. The molecular formula is C23H25N3O2. The summed E-state index contributed by atoms with van der Waals surface area (Å²) in [6, 6.07) is 15.7. The SMILES string of the molecule is COc1cccc2cc(C(=O)Nc3ccccc3CN3CCCC3)c(C)nc12. The van der Waals surface area contributed by atoms with Crippen molar-refractivity contribution in [2.24, 2.45) is 0 Å². The molecule has 1 saturated heterocycles. The lowest BCUT2D eigenvalue weighted by molar-refractivity contribution is 0.102. The van der Waals surface area contributed by atoms with Gasteiger partial charge < -0.3 is 10.1 Å². The fourth-order valence-corrected chi connectivity index (χ4v) is 3.81. The van der Waals surface area contributed by atoms with Gasteiger partial charge in [-0.1, -0.05) is 30.3 Å². The number of hydrogen-bond donors (Lipinski definition) is 1. The molecule has 5 heteroatoms. The fourth-order valence-electron chi connectivity index (χ4n) is 3.81. The zero-order valence-electron chi connectivity index (χ0n) is 16.4. The highest BCUT2D eigenvalue weighted by Gasteiger charge is 2.17. The molecule has 1 aliphatic heterocycles. The molecule has 2 heterocycles. The highest BCUT2D eigenvalue weighted by molar-refractivity contribution is 6.07. The Morgan fingerprint density at radius 2 is 1.93 bits per heavy atom. The molecule has 0 saturated carbocycles. The Bertz CT molecular complexity index is 1010. The number of carbonyl (C=O) groups is 1. The number of pyridine rings is 1. The van der Waals surface area contributed by atoms with Crippen LogP contribution >= 0.6 is 0 Å². The average molecular weight is 375 g/mol. The van der Waals surface area contributed by atoms with Gasteiger partial charge in [0, 0.05) is 17.6 Å². The summed E-state index contributed by atoms with van der Waals surface area (Å²) in [5.41, 5.74) is 4.05. The van der Waals surface area contributed by atoms with Crippen LogP contribution in [0, 0.1) is 6.92 Å². The van der Waals surface area contributed by atoms with Gasteiger partial charge in [0.1, 0.15) is 11.3 Å². The number of fused-ring (bicyclic) bond motifs is 1. The van der Waals surface area contributed by atoms with E-state index in [0.29, 0.717) is 17.0 Å². The van der Waals surface area contributed by atoms with E-state index in [9.17, 15) is 4.79 Å². The predicted octanol–water partition coefficient (Wildman–Crippen LogP) is 4.40. The van der Waals surface area contributed by atoms with E-state index in [2.05, 4.69) is 21.3 Å². The van der Waals surface area contributed by atoms with Crippen LogP contribution in [0.5, 0.6) is 5.75 Å². The van der Waals surface area contributed by atoms with E-state index < -0.39 is 0 Å². The Kier molecular flexibility index (Phi) is 5.26. The first kappa shape index (κ1) is 18.4. The van der Waals surface area contributed by atoms with Crippen molar-refractivity contribution in [3.8, 4) is 5.75 Å². The second kappa shape index (κ2) is 7.98. The van der Waals surface area contributed by atoms with Crippen molar-refractivity contribution in [1.82, 2.24) is 9.88 Å². The van der Waals surface area contributed by atoms with E-state index in [4.69, 9.17) is 4.74 Å². The molecule has 1 amide bonds. The Hall–Kier alpha value is -2.92. The minimum atomic E-state index is -0.136. The molecule has 0 atom stereocenters. The van der Waals surface area contributed by atoms with Crippen molar-refractivity contribution >= 4 is 22.5 Å². The van der Waals surface area contributed by atoms with Gasteiger partial charge >= 0.3 is 0 Å². The summed E-state index contributed by atoms with van der Waals surface area (Å²) in [6.07, 6.45) is 2.50. The van der Waals surface area contributed by atoms with Crippen LogP contribution in [0.4, 0.5) is 5.69 Å². The molecule has 4 rings (SSSR count). The quantitative estimate of drug-likeness (QED) is 0.718. The van der Waals surface area contributed by atoms with Crippen molar-refractivity contribution in [2.75, 3.05) is 25.5 Å². The molecule has 3 aromatic rings. The number of aromatic nitrogens is 1. The lowest BCUT2D eigenvalue weighted by Crippen LogP contribution is -2.21. The number of hydrogen-bond acceptors (Lipinski definition) is 4. The van der Waals surface area contributed by atoms with Gasteiger partial charge in [0.15, 0.2) is 0 Å². The van der Waals surface area contributed by atoms with Crippen molar-refractivity contribution < 1.29 is 9.53 Å². The third kappa shape index (κ3) is 3.71. The minimum absolute atomic E-state index is 0.136. The molecule has 2 aromatic carbocycles. The number of nitrogens with zero attached hydrogens (tertiary/aromatic N) is 2. The minimum Gasteiger partial charge on any atom is -0.494 e. The lowest BCUT2D eigenvalue weighted by Gasteiger charge is -2.18. The van der Waals surface area contributed by atoms with Crippen LogP contribution in [0.3, 0.4) is 0 Å². The Labute approximate surface area is 165 Å². The van der Waals surface area contributed by atoms with Crippen LogP contribution in [0.2, 0.25) is 0 Å². The summed E-state index contributed by atoms with van der Waals surface area (Å²) in [7, 11) is 1.63. The number of ether oxygens (including phenoxy) is 1. The zero-order valence-corrected chi connectivity index (χ0v) is 16.4. The van der Waals surface area contributed by atoms with Crippen molar-refractivity contribution in [1.29, 1.82) is 0 Å². The smallest absolute Gasteiger partial charge is 0.257 e. The number of benzene rings is 2. The molecule has 5 nitrogen and oxygen atoms in total. The number of para-hydroxylation sites is 2. The molecule has 0 radical (unpaired) electrons. The van der Waals surface area contributed by atoms with Crippen molar-refractivity contribution in [3.63, 3.8) is 0 Å². The maximum absolute atomic E-state index is 13.0. The molecule has 1 fully saturated rings. The van der Waals surface area contributed by atoms with E-state index in [1.54, 1.807) is 7.11 Å². The predicted molar refractivity (Wildman–Crippen MR) is 112 cm³/mol. The van der Waals surface area contributed by atoms with Crippen LogP contribution in [0.1, 0.15) is 34.5 Å². The first-order valence-electron chi connectivity index (χ1n) is 9.71. The number of likely N-dealkylation sites (tertiary alicyclic amines) is 1. The standard InChI is InChI=1S/C23H25N3O2/c1-16-19(14-17-9-7-11-21(28-2)22(17)24-16)23(27)25-20-10-4-3-8-18(20)15-26-12-5-6-13-26/h3-4,7-11,14H,5-6,12-13,15H2,1-2H3,(H,25,27). The van der Waals surface area contributed by atoms with E-state index in [-0.39, 0.29) is 5.91 Å². The van der Waals surface area contributed by atoms with Crippen LogP contribution in [-0.2, 0) is 6.54 Å². The summed E-state index contributed by atoms with van der Waals surface area (Å²) < 4.78 is 5.39. The van der Waals surface area contributed by atoms with Crippen molar-refractivity contribution in [2.45, 2.75) is 26.3 Å². The van der Waals surface area contributed by atoms with Crippen LogP contribution < -0.4 is 10.1 Å². The highest BCUT2D eigenvalue weighted by Crippen LogP contribution is 2.26. The van der Waals surface area contributed by atoms with E-state index >= 15 is 0 Å². The maximum atomic E-state index is 13.0. The monoisotopic (exact) mass is 375 g/mol. The molecule has 1 aliphatic rings. The molecule has 1 N–H and O–H groups in total. The van der Waals surface area contributed by atoms with Gasteiger partial charge in [-0.2, -0.15) is 0 Å². The Morgan fingerprint density at radius 3 is 2.71 bits per heavy atom. The van der Waals surface area contributed by atoms with Gasteiger partial charge in [0.05, 0.1) is 18.4 Å². The normalized spacial score (nSPS) is 14.4. The second-order valence-corrected chi connectivity index (χ2v) is 7.25.